The molecule has 0 aliphatic carbocycles. The van der Waals surface area contributed by atoms with Crippen molar-refractivity contribution in [2.75, 3.05) is 19.0 Å². The van der Waals surface area contributed by atoms with E-state index in [1.807, 2.05) is 47.4 Å². The zero-order valence-electron chi connectivity index (χ0n) is 24.2. The molecule has 0 saturated heterocycles. The molecule has 1 atom stereocenters. The summed E-state index contributed by atoms with van der Waals surface area (Å²) in [7, 11) is 1.32. The van der Waals surface area contributed by atoms with Crippen LogP contribution >= 0.6 is 11.6 Å². The van der Waals surface area contributed by atoms with Gasteiger partial charge in [0, 0.05) is 41.1 Å². The molecular formula is C32H30ClF3N4O5. The molecule has 0 saturated carbocycles. The number of nitrogens with zero attached hydrogens (tertiary/aromatic N) is 2. The Morgan fingerprint density at radius 1 is 1.09 bits per heavy atom. The summed E-state index contributed by atoms with van der Waals surface area (Å²) in [5.74, 6) is -2.99. The molecule has 0 spiro atoms. The summed E-state index contributed by atoms with van der Waals surface area (Å²) in [6.07, 6.45) is -3.74. The number of ether oxygens (including phenoxy) is 1. The van der Waals surface area contributed by atoms with Gasteiger partial charge in [-0.25, -0.2) is 9.79 Å². The van der Waals surface area contributed by atoms with Crippen molar-refractivity contribution < 1.29 is 43.1 Å². The van der Waals surface area contributed by atoms with Crippen molar-refractivity contribution in [2.45, 2.75) is 38.0 Å². The third-order valence-electron chi connectivity index (χ3n) is 7.35. The Hall–Kier alpha value is -4.68. The lowest BCUT2D eigenvalue weighted by molar-refractivity contribution is -0.386. The van der Waals surface area contributed by atoms with Gasteiger partial charge in [0.15, 0.2) is 0 Å². The van der Waals surface area contributed by atoms with Gasteiger partial charge in [-0.05, 0) is 53.8 Å². The van der Waals surface area contributed by atoms with Gasteiger partial charge in [0.1, 0.15) is 11.1 Å². The summed E-state index contributed by atoms with van der Waals surface area (Å²) < 4.78 is 36.2. The molecule has 4 N–H and O–H groups in total. The Bertz CT molecular complexity index is 1630. The molecule has 0 radical (unpaired) electrons. The molecule has 2 aliphatic rings. The molecule has 2 amide bonds. The number of amides is 2. The Balaban J connectivity index is 0.000000591. The molecule has 0 aromatic heterocycles. The number of allylic oxidation sites excluding steroid dienone is 1. The first-order valence-corrected chi connectivity index (χ1v) is 14.2. The van der Waals surface area contributed by atoms with E-state index in [1.165, 1.54) is 7.11 Å². The van der Waals surface area contributed by atoms with Gasteiger partial charge in [0.05, 0.1) is 19.7 Å². The predicted octanol–water partition coefficient (Wildman–Crippen LogP) is 3.97. The lowest BCUT2D eigenvalue weighted by Gasteiger charge is -2.36. The van der Waals surface area contributed by atoms with Gasteiger partial charge in [-0.2, -0.15) is 13.2 Å². The molecule has 9 nitrogen and oxygen atoms in total. The number of aliphatic carboxylic acids is 1. The fraction of sp³-hybridized carbons (Fsp3) is 0.250. The third-order valence-corrected chi connectivity index (χ3v) is 7.66. The molecule has 0 bridgehead atoms. The number of aliphatic imine (C=N–C) groups is 1. The molecule has 236 valence electrons. The average molecular weight is 643 g/mol. The molecule has 45 heavy (non-hydrogen) atoms. The van der Waals surface area contributed by atoms with Crippen molar-refractivity contribution in [1.29, 1.82) is 0 Å². The minimum absolute atomic E-state index is 0.0216. The van der Waals surface area contributed by atoms with E-state index < -0.39 is 18.2 Å². The first-order chi connectivity index (χ1) is 21.4. The first-order valence-electron chi connectivity index (χ1n) is 13.9. The zero-order valence-corrected chi connectivity index (χ0v) is 25.0. The minimum Gasteiger partial charge on any atom is -0.542 e. The summed E-state index contributed by atoms with van der Waals surface area (Å²) in [5.41, 5.74) is 11.4. The quantitative estimate of drug-likeness (QED) is 0.376. The number of carbonyl (C=O) groups excluding carboxylic acids is 3. The van der Waals surface area contributed by atoms with Gasteiger partial charge < -0.3 is 25.3 Å². The van der Waals surface area contributed by atoms with Gasteiger partial charge >= 0.3 is 12.3 Å². The van der Waals surface area contributed by atoms with Crippen molar-refractivity contribution in [3.63, 3.8) is 0 Å². The largest absolute Gasteiger partial charge is 0.542 e. The fourth-order valence-electron chi connectivity index (χ4n) is 5.08. The van der Waals surface area contributed by atoms with E-state index in [9.17, 15) is 22.8 Å². The fourth-order valence-corrected chi connectivity index (χ4v) is 5.37. The molecule has 0 fully saturated rings. The first kappa shape index (κ1) is 33.2. The van der Waals surface area contributed by atoms with Crippen LogP contribution in [-0.2, 0) is 28.9 Å². The molecule has 5 rings (SSSR count). The smallest absolute Gasteiger partial charge is 0.430 e. The summed E-state index contributed by atoms with van der Waals surface area (Å²) in [6.45, 7) is 1.31. The van der Waals surface area contributed by atoms with Gasteiger partial charge in [-0.1, -0.05) is 60.1 Å². The van der Waals surface area contributed by atoms with Crippen LogP contribution in [0.3, 0.4) is 0 Å². The number of fused-ring (bicyclic) bond motifs is 1. The van der Waals surface area contributed by atoms with Crippen molar-refractivity contribution in [1.82, 2.24) is 4.90 Å². The van der Waals surface area contributed by atoms with Crippen LogP contribution in [0.4, 0.5) is 23.7 Å². The Morgan fingerprint density at radius 3 is 2.36 bits per heavy atom. The van der Waals surface area contributed by atoms with Crippen LogP contribution in [0, 0.1) is 0 Å². The topological polar surface area (TPSA) is 139 Å². The van der Waals surface area contributed by atoms with Crippen molar-refractivity contribution in [3.05, 3.63) is 106 Å². The number of nitrogens with one attached hydrogen (secondary N) is 1. The second-order valence-electron chi connectivity index (χ2n) is 10.2. The van der Waals surface area contributed by atoms with Gasteiger partial charge in [0.2, 0.25) is 0 Å². The van der Waals surface area contributed by atoms with Gasteiger partial charge in [-0.15, -0.1) is 0 Å². The lowest BCUT2D eigenvalue weighted by atomic mass is 9.90. The lowest BCUT2D eigenvalue weighted by Crippen LogP contribution is -2.50. The predicted molar refractivity (Wildman–Crippen MR) is 160 cm³/mol. The Morgan fingerprint density at radius 2 is 1.76 bits per heavy atom. The van der Waals surface area contributed by atoms with Crippen LogP contribution in [0.1, 0.15) is 39.0 Å². The molecule has 13 heteroatoms. The summed E-state index contributed by atoms with van der Waals surface area (Å²) in [5, 5.41) is 11.9. The third kappa shape index (κ3) is 8.28. The summed E-state index contributed by atoms with van der Waals surface area (Å²) in [4.78, 5) is 40.8. The number of carboxylic acid groups (broad SMARTS) is 1. The van der Waals surface area contributed by atoms with Gasteiger partial charge in [0.25, 0.3) is 5.91 Å². The van der Waals surface area contributed by atoms with Crippen LogP contribution in [0.5, 0.6) is 0 Å². The number of carbonyl (C=O) groups is 3. The Kier molecular flexibility index (Phi) is 10.6. The number of quaternary nitrogens is 1. The van der Waals surface area contributed by atoms with Crippen LogP contribution in [-0.4, -0.2) is 54.5 Å². The number of carboxylic acids is 1. The van der Waals surface area contributed by atoms with Crippen molar-refractivity contribution in [2.24, 2.45) is 4.99 Å². The van der Waals surface area contributed by atoms with E-state index in [-0.39, 0.29) is 11.9 Å². The zero-order chi connectivity index (χ0) is 32.7. The minimum atomic E-state index is -5.19. The van der Waals surface area contributed by atoms with E-state index in [0.717, 1.165) is 45.5 Å². The second-order valence-corrected chi connectivity index (χ2v) is 10.6. The maximum absolute atomic E-state index is 13.8. The van der Waals surface area contributed by atoms with Crippen LogP contribution < -0.4 is 16.2 Å². The number of alkyl halides is 3. The average Bonchev–Trinajstić information content (AvgIpc) is 3.41. The van der Waals surface area contributed by atoms with E-state index in [4.69, 9.17) is 26.5 Å². The molecule has 0 unspecified atom stereocenters. The molecule has 2 aliphatic heterocycles. The van der Waals surface area contributed by atoms with Crippen LogP contribution in [0.2, 0.25) is 0 Å². The Labute approximate surface area is 262 Å². The highest BCUT2D eigenvalue weighted by Crippen LogP contribution is 2.35. The van der Waals surface area contributed by atoms with E-state index >= 15 is 0 Å². The monoisotopic (exact) mass is 642 g/mol. The molecular weight excluding hydrogens is 613 g/mol. The normalized spacial score (nSPS) is 15.0. The number of hydrogen-bond donors (Lipinski definition) is 2. The SMILES string of the molecule is COC(=O)Nc1ccc(C2=C(Cl)N=C([C@H](Cc3ccccc3)N3CCc4cc(C[NH3+])ccc4C3=O)C2)cc1.O=C([O-])C(F)(F)F. The van der Waals surface area contributed by atoms with Crippen molar-refractivity contribution >= 4 is 46.5 Å². The maximum atomic E-state index is 13.8. The number of hydrogen-bond acceptors (Lipinski definition) is 6. The standard InChI is InChI=1S/C30H29ClN4O3.C2HF3O2/c1-38-30(37)33-23-10-8-21(9-11-23)25-17-26(34-28(25)31)27(16-19-5-3-2-4-6-19)35-14-13-22-15-20(18-32)7-12-24(22)29(35)36;3-2(4,5)1(6)7/h2-12,15,27H,13-14,16-18,32H2,1H3,(H,33,37);(H,6,7)/t27-;/m0./s1. The van der Waals surface area contributed by atoms with Crippen LogP contribution in [0.15, 0.2) is 82.9 Å². The number of methoxy groups -OCH3 is 1. The number of anilines is 1. The molecule has 3 aromatic rings. The summed E-state index contributed by atoms with van der Waals surface area (Å²) >= 11 is 6.68. The van der Waals surface area contributed by atoms with Gasteiger partial charge in [-0.3, -0.25) is 10.1 Å². The molecule has 2 heterocycles. The second kappa shape index (κ2) is 14.4. The number of rotatable bonds is 7. The summed E-state index contributed by atoms with van der Waals surface area (Å²) in [6, 6.07) is 23.4. The highest BCUT2D eigenvalue weighted by atomic mass is 35.5. The highest BCUT2D eigenvalue weighted by molar-refractivity contribution is 6.35. The molecule has 3 aromatic carbocycles. The van der Waals surface area contributed by atoms with E-state index in [0.29, 0.717) is 36.8 Å². The maximum Gasteiger partial charge on any atom is 0.430 e. The number of halogens is 4. The highest BCUT2D eigenvalue weighted by Gasteiger charge is 2.35. The van der Waals surface area contributed by atoms with Crippen LogP contribution in [0.25, 0.3) is 5.57 Å². The van der Waals surface area contributed by atoms with E-state index in [1.54, 1.807) is 12.1 Å². The number of benzene rings is 3. The van der Waals surface area contributed by atoms with E-state index in [2.05, 4.69) is 34.0 Å². The van der Waals surface area contributed by atoms with Crippen molar-refractivity contribution in [3.8, 4) is 0 Å².